The lowest BCUT2D eigenvalue weighted by Gasteiger charge is -2.25. The highest BCUT2D eigenvalue weighted by Crippen LogP contribution is 2.47. The van der Waals surface area contributed by atoms with E-state index in [-0.39, 0.29) is 0 Å². The van der Waals surface area contributed by atoms with Gasteiger partial charge in [-0.25, -0.2) is 3.11 Å². The summed E-state index contributed by atoms with van der Waals surface area (Å²) in [5, 5.41) is 0. The Bertz CT molecular complexity index is 265. The lowest BCUT2D eigenvalue weighted by molar-refractivity contribution is 0.283. The minimum atomic E-state index is 0.920. The number of halogens is 1. The molecule has 0 aromatic rings. The molecule has 2 saturated carbocycles. The van der Waals surface area contributed by atoms with Crippen molar-refractivity contribution in [1.29, 1.82) is 0 Å². The maximum atomic E-state index is 2.82. The molecule has 3 aliphatic rings. The van der Waals surface area contributed by atoms with Crippen LogP contribution in [0.15, 0.2) is 0 Å². The molecule has 2 heteroatoms. The van der Waals surface area contributed by atoms with Gasteiger partial charge in [0.05, 0.1) is 0 Å². The number of fused-ring (bicyclic) bond motifs is 3. The maximum Gasteiger partial charge on any atom is 0.0228 e. The molecule has 3 fully saturated rings. The smallest absolute Gasteiger partial charge is 0.0228 e. The third kappa shape index (κ3) is 3.53. The lowest BCUT2D eigenvalue weighted by atomic mass is 9.79. The molecular formula is C18H32IN. The van der Waals surface area contributed by atoms with Crippen LogP contribution >= 0.6 is 22.9 Å². The van der Waals surface area contributed by atoms with Crippen LogP contribution in [0.5, 0.6) is 0 Å². The SMILES string of the molecule is IN1C2CCCCCCCC2C2CCCCCCCC21. The molecule has 1 saturated heterocycles. The van der Waals surface area contributed by atoms with Gasteiger partial charge in [-0.3, -0.25) is 0 Å². The minimum Gasteiger partial charge on any atom is -0.241 e. The highest BCUT2D eigenvalue weighted by Gasteiger charge is 2.46. The fourth-order valence-corrected chi connectivity index (χ4v) is 6.58. The Morgan fingerprint density at radius 2 is 0.850 bits per heavy atom. The molecule has 0 aromatic heterocycles. The van der Waals surface area contributed by atoms with Gasteiger partial charge in [0, 0.05) is 34.9 Å². The topological polar surface area (TPSA) is 3.24 Å². The first kappa shape index (κ1) is 15.6. The first-order chi connectivity index (χ1) is 9.88. The molecule has 4 unspecified atom stereocenters. The summed E-state index contributed by atoms with van der Waals surface area (Å²) >= 11 is 2.72. The van der Waals surface area contributed by atoms with Crippen molar-refractivity contribution in [3.63, 3.8) is 0 Å². The van der Waals surface area contributed by atoms with E-state index in [0.29, 0.717) is 0 Å². The molecule has 0 N–H and O–H groups in total. The van der Waals surface area contributed by atoms with Crippen LogP contribution in [0.4, 0.5) is 0 Å². The Morgan fingerprint density at radius 1 is 0.500 bits per heavy atom. The van der Waals surface area contributed by atoms with Gasteiger partial charge in [0.25, 0.3) is 0 Å². The van der Waals surface area contributed by atoms with Crippen molar-refractivity contribution >= 4 is 22.9 Å². The molecule has 4 atom stereocenters. The van der Waals surface area contributed by atoms with E-state index in [1.807, 2.05) is 0 Å². The number of rotatable bonds is 0. The predicted octanol–water partition coefficient (Wildman–Crippen LogP) is 6.11. The molecule has 1 nitrogen and oxygen atoms in total. The fraction of sp³-hybridized carbons (Fsp3) is 1.00. The first-order valence-corrected chi connectivity index (χ1v) is 10.3. The van der Waals surface area contributed by atoms with E-state index in [9.17, 15) is 0 Å². The zero-order chi connectivity index (χ0) is 13.8. The summed E-state index contributed by atoms with van der Waals surface area (Å²) in [5.41, 5.74) is 0. The van der Waals surface area contributed by atoms with Crippen LogP contribution in [0.3, 0.4) is 0 Å². The standard InChI is InChI=1S/C18H32IN/c19-20-17-13-9-5-1-3-7-11-15(17)16-12-8-4-2-6-10-14-18(16)20/h15-18H,1-14H2. The molecule has 1 aliphatic heterocycles. The van der Waals surface area contributed by atoms with Crippen LogP contribution in [-0.2, 0) is 0 Å². The second-order valence-electron chi connectivity index (χ2n) is 7.50. The normalized spacial score (nSPS) is 41.2. The zero-order valence-electron chi connectivity index (χ0n) is 13.0. The fourth-order valence-electron chi connectivity index (χ4n) is 5.20. The van der Waals surface area contributed by atoms with Crippen LogP contribution in [0.2, 0.25) is 0 Å². The van der Waals surface area contributed by atoms with Crippen molar-refractivity contribution in [1.82, 2.24) is 3.11 Å². The van der Waals surface area contributed by atoms with Crippen molar-refractivity contribution in [3.8, 4) is 0 Å². The summed E-state index contributed by atoms with van der Waals surface area (Å²) in [6, 6.07) is 1.84. The Kier molecular flexibility index (Phi) is 6.08. The molecule has 2 aliphatic carbocycles. The molecule has 1 heterocycles. The Labute approximate surface area is 139 Å². The van der Waals surface area contributed by atoms with Gasteiger partial charge in [-0.1, -0.05) is 64.2 Å². The van der Waals surface area contributed by atoms with E-state index in [4.69, 9.17) is 0 Å². The van der Waals surface area contributed by atoms with Crippen molar-refractivity contribution in [2.75, 3.05) is 0 Å². The van der Waals surface area contributed by atoms with Gasteiger partial charge in [-0.15, -0.1) is 0 Å². The van der Waals surface area contributed by atoms with Crippen LogP contribution in [0.25, 0.3) is 0 Å². The summed E-state index contributed by atoms with van der Waals surface area (Å²) in [6.07, 6.45) is 21.0. The molecule has 0 amide bonds. The van der Waals surface area contributed by atoms with Gasteiger partial charge in [-0.05, 0) is 37.5 Å². The summed E-state index contributed by atoms with van der Waals surface area (Å²) < 4.78 is 2.82. The third-order valence-corrected chi connectivity index (χ3v) is 7.68. The predicted molar refractivity (Wildman–Crippen MR) is 95.1 cm³/mol. The molecular weight excluding hydrogens is 357 g/mol. The van der Waals surface area contributed by atoms with Crippen LogP contribution < -0.4 is 0 Å². The molecule has 20 heavy (non-hydrogen) atoms. The quantitative estimate of drug-likeness (QED) is 0.357. The van der Waals surface area contributed by atoms with Crippen LogP contribution in [0.1, 0.15) is 89.9 Å². The van der Waals surface area contributed by atoms with E-state index < -0.39 is 0 Å². The monoisotopic (exact) mass is 389 g/mol. The molecule has 0 radical (unpaired) electrons. The summed E-state index contributed by atoms with van der Waals surface area (Å²) in [5.74, 6) is 2.07. The zero-order valence-corrected chi connectivity index (χ0v) is 15.2. The Hall–Kier alpha value is 0.690. The average molecular weight is 389 g/mol. The van der Waals surface area contributed by atoms with Crippen molar-refractivity contribution in [2.24, 2.45) is 11.8 Å². The van der Waals surface area contributed by atoms with Gasteiger partial charge in [0.1, 0.15) is 0 Å². The number of hydrogen-bond acceptors (Lipinski definition) is 1. The summed E-state index contributed by atoms with van der Waals surface area (Å²) in [6.45, 7) is 0. The Morgan fingerprint density at radius 3 is 1.30 bits per heavy atom. The molecule has 0 aromatic carbocycles. The van der Waals surface area contributed by atoms with Crippen LogP contribution in [0, 0.1) is 11.8 Å². The van der Waals surface area contributed by atoms with Gasteiger partial charge in [0.2, 0.25) is 0 Å². The second kappa shape index (κ2) is 7.80. The second-order valence-corrected chi connectivity index (χ2v) is 8.61. The van der Waals surface area contributed by atoms with E-state index in [2.05, 4.69) is 26.0 Å². The van der Waals surface area contributed by atoms with E-state index >= 15 is 0 Å². The maximum absolute atomic E-state index is 2.82. The highest BCUT2D eigenvalue weighted by molar-refractivity contribution is 14.1. The van der Waals surface area contributed by atoms with Gasteiger partial charge in [-0.2, -0.15) is 0 Å². The summed E-state index contributed by atoms with van der Waals surface area (Å²) in [7, 11) is 0. The van der Waals surface area contributed by atoms with Crippen LogP contribution in [-0.4, -0.2) is 15.2 Å². The van der Waals surface area contributed by atoms with E-state index in [1.54, 1.807) is 0 Å². The number of hydrogen-bond donors (Lipinski definition) is 0. The molecule has 3 rings (SSSR count). The number of nitrogens with zero attached hydrogens (tertiary/aromatic N) is 1. The van der Waals surface area contributed by atoms with E-state index in [1.165, 1.54) is 89.9 Å². The molecule has 0 bridgehead atoms. The largest absolute Gasteiger partial charge is 0.241 e. The van der Waals surface area contributed by atoms with Crippen molar-refractivity contribution < 1.29 is 0 Å². The van der Waals surface area contributed by atoms with Crippen molar-refractivity contribution in [2.45, 2.75) is 102 Å². The van der Waals surface area contributed by atoms with Gasteiger partial charge in [0.15, 0.2) is 0 Å². The minimum absolute atomic E-state index is 0.920. The van der Waals surface area contributed by atoms with Crippen molar-refractivity contribution in [3.05, 3.63) is 0 Å². The third-order valence-electron chi connectivity index (χ3n) is 6.25. The molecule has 116 valence electrons. The highest BCUT2D eigenvalue weighted by atomic mass is 127. The summed E-state index contributed by atoms with van der Waals surface area (Å²) in [4.78, 5) is 0. The van der Waals surface area contributed by atoms with Gasteiger partial charge < -0.3 is 0 Å². The lowest BCUT2D eigenvalue weighted by Crippen LogP contribution is -2.29. The van der Waals surface area contributed by atoms with E-state index in [0.717, 1.165) is 23.9 Å². The first-order valence-electron chi connectivity index (χ1n) is 9.32. The van der Waals surface area contributed by atoms with Gasteiger partial charge >= 0.3 is 0 Å². The average Bonchev–Trinajstić information content (AvgIpc) is 2.81. The Balaban J connectivity index is 1.74. The molecule has 0 spiro atoms.